The average molecular weight is 513 g/mol. The van der Waals surface area contributed by atoms with E-state index in [0.717, 1.165) is 16.7 Å². The number of alkyl carbamates (subject to hydrolysis) is 1. The van der Waals surface area contributed by atoms with Crippen molar-refractivity contribution in [1.29, 1.82) is 0 Å². The monoisotopic (exact) mass is 512 g/mol. The van der Waals surface area contributed by atoms with Gasteiger partial charge < -0.3 is 10.1 Å². The van der Waals surface area contributed by atoms with Crippen LogP contribution in [0.5, 0.6) is 0 Å². The number of benzene rings is 2. The summed E-state index contributed by atoms with van der Waals surface area (Å²) in [6.07, 6.45) is 3.13. The minimum absolute atomic E-state index is 0.0413. The molecule has 0 bridgehead atoms. The van der Waals surface area contributed by atoms with Crippen LogP contribution in [0.15, 0.2) is 85.2 Å². The minimum Gasteiger partial charge on any atom is -0.444 e. The van der Waals surface area contributed by atoms with Crippen molar-refractivity contribution in [3.8, 4) is 0 Å². The van der Waals surface area contributed by atoms with Gasteiger partial charge in [-0.05, 0) is 49.9 Å². The van der Waals surface area contributed by atoms with Crippen molar-refractivity contribution in [3.05, 3.63) is 102 Å². The van der Waals surface area contributed by atoms with E-state index in [0.29, 0.717) is 6.42 Å². The van der Waals surface area contributed by atoms with Gasteiger partial charge >= 0.3 is 13.9 Å². The Bertz CT molecular complexity index is 1060. The summed E-state index contributed by atoms with van der Waals surface area (Å²) in [6.45, 7) is 5.29. The van der Waals surface area contributed by atoms with Crippen LogP contribution in [0.4, 0.5) is 4.79 Å². The fraction of sp³-hybridized carbons (Fsp3) is 0.333. The molecule has 1 N–H and O–H groups in total. The number of rotatable bonds is 12. The number of carbonyl (C=O) groups is 1. The summed E-state index contributed by atoms with van der Waals surface area (Å²) < 4.78 is 36.1. The number of phosphoric ester groups is 1. The van der Waals surface area contributed by atoms with Crippen molar-refractivity contribution in [2.45, 2.75) is 52.0 Å². The lowest BCUT2D eigenvalue weighted by Gasteiger charge is -2.25. The van der Waals surface area contributed by atoms with Gasteiger partial charge in [0.1, 0.15) is 5.60 Å². The fourth-order valence-corrected chi connectivity index (χ4v) is 4.38. The third kappa shape index (κ3) is 10.3. The van der Waals surface area contributed by atoms with Crippen LogP contribution in [0, 0.1) is 0 Å². The molecule has 3 aromatic rings. The summed E-state index contributed by atoms with van der Waals surface area (Å²) in [5.74, 6) is 0. The summed E-state index contributed by atoms with van der Waals surface area (Å²) in [5.41, 5.74) is 1.84. The van der Waals surface area contributed by atoms with E-state index in [9.17, 15) is 9.36 Å². The van der Waals surface area contributed by atoms with Crippen LogP contribution in [-0.4, -0.2) is 29.3 Å². The summed E-state index contributed by atoms with van der Waals surface area (Å²) >= 11 is 0. The standard InChI is InChI=1S/C27H33N2O6P/c1-27(2,3)35-26(30)29-25(17-24-15-10-16-28-18-24)21-34-36(31,32-19-22-11-6-4-7-12-22)33-20-23-13-8-5-9-14-23/h4-16,18,25H,17,19-21H2,1-3H3,(H,29,30)/t25-/m1/s1. The molecule has 2 aromatic carbocycles. The maximum atomic E-state index is 13.6. The number of ether oxygens (including phenoxy) is 1. The van der Waals surface area contributed by atoms with Crippen LogP contribution >= 0.6 is 7.82 Å². The highest BCUT2D eigenvalue weighted by Crippen LogP contribution is 2.51. The number of pyridine rings is 1. The zero-order valence-electron chi connectivity index (χ0n) is 20.8. The largest absolute Gasteiger partial charge is 0.475 e. The number of amides is 1. The van der Waals surface area contributed by atoms with Crippen LogP contribution in [-0.2, 0) is 42.5 Å². The Balaban J connectivity index is 1.71. The maximum absolute atomic E-state index is 13.6. The van der Waals surface area contributed by atoms with Gasteiger partial charge in [0.2, 0.25) is 0 Å². The second kappa shape index (κ2) is 13.3. The third-order valence-corrected chi connectivity index (χ3v) is 6.18. The zero-order chi connectivity index (χ0) is 25.9. The van der Waals surface area contributed by atoms with Crippen LogP contribution in [0.3, 0.4) is 0 Å². The normalized spacial score (nSPS) is 12.6. The first-order valence-corrected chi connectivity index (χ1v) is 13.2. The molecule has 0 saturated carbocycles. The van der Waals surface area contributed by atoms with Crippen molar-refractivity contribution >= 4 is 13.9 Å². The second-order valence-electron chi connectivity index (χ2n) is 9.17. The topological polar surface area (TPSA) is 96.0 Å². The Morgan fingerprint density at radius 1 is 0.861 bits per heavy atom. The predicted octanol–water partition coefficient (Wildman–Crippen LogP) is 6.08. The Hall–Kier alpha value is -3.03. The quantitative estimate of drug-likeness (QED) is 0.294. The highest BCUT2D eigenvalue weighted by atomic mass is 31.2. The molecule has 0 radical (unpaired) electrons. The molecule has 0 aliphatic rings. The Labute approximate surface area is 212 Å². The van der Waals surface area contributed by atoms with E-state index < -0.39 is 25.6 Å². The molecule has 36 heavy (non-hydrogen) atoms. The highest BCUT2D eigenvalue weighted by Gasteiger charge is 2.30. The number of nitrogens with zero attached hydrogens (tertiary/aromatic N) is 1. The van der Waals surface area contributed by atoms with Crippen LogP contribution in [0.25, 0.3) is 0 Å². The number of nitrogens with one attached hydrogen (secondary N) is 1. The third-order valence-electron chi connectivity index (χ3n) is 4.82. The average Bonchev–Trinajstić information content (AvgIpc) is 2.86. The molecule has 192 valence electrons. The number of carbonyl (C=O) groups excluding carboxylic acids is 1. The SMILES string of the molecule is CC(C)(C)OC(=O)N[C@@H](COP(=O)(OCc1ccccc1)OCc1ccccc1)Cc1cccnc1. The summed E-state index contributed by atoms with van der Waals surface area (Å²) in [5, 5.41) is 2.80. The molecule has 0 aliphatic heterocycles. The second-order valence-corrected chi connectivity index (χ2v) is 10.8. The molecule has 9 heteroatoms. The molecule has 1 amide bonds. The van der Waals surface area contributed by atoms with Crippen LogP contribution in [0.1, 0.15) is 37.5 Å². The first-order chi connectivity index (χ1) is 17.2. The molecule has 0 aliphatic carbocycles. The molecular formula is C27H33N2O6P. The molecule has 0 fully saturated rings. The van der Waals surface area contributed by atoms with Gasteiger partial charge in [-0.1, -0.05) is 66.7 Å². The summed E-state index contributed by atoms with van der Waals surface area (Å²) in [4.78, 5) is 16.6. The van der Waals surface area contributed by atoms with Crippen LogP contribution in [0.2, 0.25) is 0 Å². The lowest BCUT2D eigenvalue weighted by atomic mass is 10.1. The van der Waals surface area contributed by atoms with Crippen molar-refractivity contribution in [2.24, 2.45) is 0 Å². The Morgan fingerprint density at radius 2 is 1.42 bits per heavy atom. The number of phosphoric acid groups is 1. The lowest BCUT2D eigenvalue weighted by Crippen LogP contribution is -2.42. The number of hydrogen-bond acceptors (Lipinski definition) is 7. The van der Waals surface area contributed by atoms with E-state index in [4.69, 9.17) is 18.3 Å². The van der Waals surface area contributed by atoms with E-state index >= 15 is 0 Å². The van der Waals surface area contributed by atoms with E-state index in [1.165, 1.54) is 0 Å². The predicted molar refractivity (Wildman–Crippen MR) is 137 cm³/mol. The minimum atomic E-state index is -4.00. The smallest absolute Gasteiger partial charge is 0.444 e. The molecule has 0 saturated heterocycles. The molecule has 0 unspecified atom stereocenters. The van der Waals surface area contributed by atoms with Crippen molar-refractivity contribution in [2.75, 3.05) is 6.61 Å². The van der Waals surface area contributed by atoms with Gasteiger partial charge in [-0.15, -0.1) is 0 Å². The van der Waals surface area contributed by atoms with E-state index in [2.05, 4.69) is 10.3 Å². The van der Waals surface area contributed by atoms with Crippen molar-refractivity contribution in [3.63, 3.8) is 0 Å². The molecule has 3 rings (SSSR count). The molecule has 1 atom stereocenters. The van der Waals surface area contributed by atoms with Gasteiger partial charge in [0.05, 0.1) is 25.9 Å². The first kappa shape index (κ1) is 27.6. The fourth-order valence-electron chi connectivity index (χ4n) is 3.18. The van der Waals surface area contributed by atoms with Gasteiger partial charge in [0.25, 0.3) is 0 Å². The van der Waals surface area contributed by atoms with Crippen LogP contribution < -0.4 is 5.32 Å². The van der Waals surface area contributed by atoms with Crippen molar-refractivity contribution in [1.82, 2.24) is 10.3 Å². The van der Waals surface area contributed by atoms with Gasteiger partial charge in [0, 0.05) is 12.4 Å². The van der Waals surface area contributed by atoms with Gasteiger partial charge in [-0.2, -0.15) is 0 Å². The van der Waals surface area contributed by atoms with Crippen molar-refractivity contribution < 1.29 is 27.7 Å². The zero-order valence-corrected chi connectivity index (χ0v) is 21.7. The lowest BCUT2D eigenvalue weighted by molar-refractivity contribution is 0.0460. The molecule has 1 heterocycles. The van der Waals surface area contributed by atoms with Gasteiger partial charge in [-0.3, -0.25) is 18.6 Å². The maximum Gasteiger partial charge on any atom is 0.475 e. The summed E-state index contributed by atoms with van der Waals surface area (Å²) in [7, 11) is -4.00. The van der Waals surface area contributed by atoms with E-state index in [-0.39, 0.29) is 19.8 Å². The van der Waals surface area contributed by atoms with E-state index in [1.807, 2.05) is 66.7 Å². The first-order valence-electron chi connectivity index (χ1n) is 11.7. The Morgan fingerprint density at radius 3 is 1.92 bits per heavy atom. The highest BCUT2D eigenvalue weighted by molar-refractivity contribution is 7.48. The van der Waals surface area contributed by atoms with Gasteiger partial charge in [-0.25, -0.2) is 9.36 Å². The molecule has 0 spiro atoms. The Kier molecular flexibility index (Phi) is 10.2. The molecule has 1 aromatic heterocycles. The molecular weight excluding hydrogens is 479 g/mol. The molecule has 8 nitrogen and oxygen atoms in total. The number of aromatic nitrogens is 1. The number of hydrogen-bond donors (Lipinski definition) is 1. The summed E-state index contributed by atoms with van der Waals surface area (Å²) in [6, 6.07) is 21.8. The van der Waals surface area contributed by atoms with Gasteiger partial charge in [0.15, 0.2) is 0 Å². The van der Waals surface area contributed by atoms with E-state index in [1.54, 1.807) is 39.2 Å².